The van der Waals surface area contributed by atoms with Crippen LogP contribution < -0.4 is 10.1 Å². The summed E-state index contributed by atoms with van der Waals surface area (Å²) in [5, 5.41) is 3.02. The van der Waals surface area contributed by atoms with E-state index < -0.39 is 0 Å². The number of nitrogens with one attached hydrogen (secondary N) is 1. The smallest absolute Gasteiger partial charge is 0.252 e. The maximum absolute atomic E-state index is 12.5. The van der Waals surface area contributed by atoms with Crippen LogP contribution in [0.4, 0.5) is 0 Å². The van der Waals surface area contributed by atoms with Crippen LogP contribution in [-0.2, 0) is 6.54 Å². The zero-order chi connectivity index (χ0) is 20.3. The first-order valence-electron chi connectivity index (χ1n) is 10.7. The number of amides is 1. The van der Waals surface area contributed by atoms with Crippen molar-refractivity contribution < 1.29 is 9.53 Å². The molecule has 1 saturated heterocycles. The molecular weight excluding hydrogens is 380 g/mol. The zero-order valence-corrected chi connectivity index (χ0v) is 18.2. The third-order valence-corrected chi connectivity index (χ3v) is 6.10. The maximum Gasteiger partial charge on any atom is 0.252 e. The van der Waals surface area contributed by atoms with Gasteiger partial charge < -0.3 is 15.0 Å². The Balaban J connectivity index is 1.40. The van der Waals surface area contributed by atoms with Crippen LogP contribution in [-0.4, -0.2) is 42.8 Å². The Morgan fingerprint density at radius 3 is 2.59 bits per heavy atom. The van der Waals surface area contributed by atoms with E-state index in [1.807, 2.05) is 48.5 Å². The highest BCUT2D eigenvalue weighted by Crippen LogP contribution is 2.22. The molecule has 1 amide bonds. The standard InChI is InChI=1S/C24H32N2O2S/c1-2-29-23-10-5-4-9-22(23)24(27)25-19-20-11-13-21(14-12-20)28-18-8-17-26-15-6-3-7-16-26/h4-5,9-14H,2-3,6-8,15-19H2,1H3,(H,25,27). The molecule has 0 aromatic heterocycles. The van der Waals surface area contributed by atoms with Gasteiger partial charge in [0.2, 0.25) is 0 Å². The molecule has 0 spiro atoms. The van der Waals surface area contributed by atoms with Gasteiger partial charge in [-0.25, -0.2) is 0 Å². The van der Waals surface area contributed by atoms with Gasteiger partial charge >= 0.3 is 0 Å². The number of benzene rings is 2. The van der Waals surface area contributed by atoms with Crippen LogP contribution in [0.1, 0.15) is 48.5 Å². The molecule has 0 aliphatic carbocycles. The lowest BCUT2D eigenvalue weighted by Crippen LogP contribution is -2.31. The van der Waals surface area contributed by atoms with Gasteiger partial charge in [-0.2, -0.15) is 0 Å². The van der Waals surface area contributed by atoms with Gasteiger partial charge in [0.25, 0.3) is 5.91 Å². The van der Waals surface area contributed by atoms with Crippen LogP contribution in [0, 0.1) is 0 Å². The van der Waals surface area contributed by atoms with E-state index in [2.05, 4.69) is 17.1 Å². The van der Waals surface area contributed by atoms with E-state index in [1.165, 1.54) is 32.4 Å². The quantitative estimate of drug-likeness (QED) is 0.441. The monoisotopic (exact) mass is 412 g/mol. The molecule has 156 valence electrons. The fraction of sp³-hybridized carbons (Fsp3) is 0.458. The number of nitrogens with zero attached hydrogens (tertiary/aromatic N) is 1. The van der Waals surface area contributed by atoms with Gasteiger partial charge in [0, 0.05) is 18.0 Å². The lowest BCUT2D eigenvalue weighted by Gasteiger charge is -2.26. The summed E-state index contributed by atoms with van der Waals surface area (Å²) in [5.41, 5.74) is 1.81. The van der Waals surface area contributed by atoms with E-state index in [-0.39, 0.29) is 5.91 Å². The Hall–Kier alpha value is -1.98. The number of ether oxygens (including phenoxy) is 1. The molecule has 0 saturated carbocycles. The van der Waals surface area contributed by atoms with E-state index in [4.69, 9.17) is 4.74 Å². The molecule has 4 nitrogen and oxygen atoms in total. The van der Waals surface area contributed by atoms with Crippen molar-refractivity contribution in [3.63, 3.8) is 0 Å². The van der Waals surface area contributed by atoms with Crippen LogP contribution >= 0.6 is 11.8 Å². The van der Waals surface area contributed by atoms with Crippen molar-refractivity contribution in [1.29, 1.82) is 0 Å². The fourth-order valence-corrected chi connectivity index (χ4v) is 4.38. The highest BCUT2D eigenvalue weighted by atomic mass is 32.2. The number of piperidine rings is 1. The van der Waals surface area contributed by atoms with Crippen molar-refractivity contribution >= 4 is 17.7 Å². The second kappa shape index (κ2) is 11.9. The minimum absolute atomic E-state index is 0.0282. The molecule has 0 bridgehead atoms. The van der Waals surface area contributed by atoms with Crippen molar-refractivity contribution in [1.82, 2.24) is 10.2 Å². The molecule has 5 heteroatoms. The van der Waals surface area contributed by atoms with Crippen LogP contribution in [0.15, 0.2) is 53.4 Å². The number of hydrogen-bond acceptors (Lipinski definition) is 4. The molecule has 2 aromatic rings. The molecule has 0 atom stereocenters. The predicted octanol–water partition coefficient (Wildman–Crippen LogP) is 4.98. The van der Waals surface area contributed by atoms with Crippen molar-refractivity contribution in [2.45, 2.75) is 44.0 Å². The Kier molecular flexibility index (Phi) is 8.90. The van der Waals surface area contributed by atoms with E-state index in [0.29, 0.717) is 6.54 Å². The Bertz CT molecular complexity index is 758. The van der Waals surface area contributed by atoms with Gasteiger partial charge in [0.15, 0.2) is 0 Å². The number of likely N-dealkylation sites (tertiary alicyclic amines) is 1. The molecule has 29 heavy (non-hydrogen) atoms. The zero-order valence-electron chi connectivity index (χ0n) is 17.4. The Morgan fingerprint density at radius 2 is 1.83 bits per heavy atom. The largest absolute Gasteiger partial charge is 0.494 e. The number of carbonyl (C=O) groups is 1. The van der Waals surface area contributed by atoms with Gasteiger partial charge in [0.05, 0.1) is 12.2 Å². The number of carbonyl (C=O) groups excluding carboxylic acids is 1. The maximum atomic E-state index is 12.5. The number of thioether (sulfide) groups is 1. The molecule has 3 rings (SSSR count). The van der Waals surface area contributed by atoms with E-state index in [0.717, 1.165) is 47.1 Å². The summed E-state index contributed by atoms with van der Waals surface area (Å²) in [6, 6.07) is 15.8. The van der Waals surface area contributed by atoms with Gasteiger partial charge in [-0.15, -0.1) is 11.8 Å². The second-order valence-corrected chi connectivity index (χ2v) is 8.67. The molecule has 1 heterocycles. The molecule has 2 aromatic carbocycles. The van der Waals surface area contributed by atoms with Gasteiger partial charge in [-0.3, -0.25) is 4.79 Å². The van der Waals surface area contributed by atoms with E-state index in [9.17, 15) is 4.79 Å². The van der Waals surface area contributed by atoms with Crippen LogP contribution in [0.25, 0.3) is 0 Å². The minimum atomic E-state index is -0.0282. The first-order chi connectivity index (χ1) is 14.3. The molecule has 1 N–H and O–H groups in total. The molecular formula is C24H32N2O2S. The molecule has 1 aliphatic heterocycles. The summed E-state index contributed by atoms with van der Waals surface area (Å²) in [6.07, 6.45) is 5.11. The Morgan fingerprint density at radius 1 is 1.07 bits per heavy atom. The van der Waals surface area contributed by atoms with E-state index >= 15 is 0 Å². The normalized spacial score (nSPS) is 14.5. The lowest BCUT2D eigenvalue weighted by atomic mass is 10.1. The summed E-state index contributed by atoms with van der Waals surface area (Å²) in [7, 11) is 0. The minimum Gasteiger partial charge on any atom is -0.494 e. The number of hydrogen-bond donors (Lipinski definition) is 1. The highest BCUT2D eigenvalue weighted by molar-refractivity contribution is 7.99. The summed E-state index contributed by atoms with van der Waals surface area (Å²) < 4.78 is 5.87. The predicted molar refractivity (Wildman–Crippen MR) is 121 cm³/mol. The number of rotatable bonds is 10. The van der Waals surface area contributed by atoms with Gasteiger partial charge in [-0.1, -0.05) is 37.6 Å². The van der Waals surface area contributed by atoms with Crippen LogP contribution in [0.5, 0.6) is 5.75 Å². The SMILES string of the molecule is CCSc1ccccc1C(=O)NCc1ccc(OCCCN2CCCCC2)cc1. The van der Waals surface area contributed by atoms with E-state index in [1.54, 1.807) is 11.8 Å². The van der Waals surface area contributed by atoms with Crippen molar-refractivity contribution in [2.75, 3.05) is 32.0 Å². The molecule has 1 fully saturated rings. The average molecular weight is 413 g/mol. The molecule has 1 aliphatic rings. The molecule has 0 radical (unpaired) electrons. The molecule has 0 unspecified atom stereocenters. The fourth-order valence-electron chi connectivity index (χ4n) is 3.58. The highest BCUT2D eigenvalue weighted by Gasteiger charge is 2.11. The summed E-state index contributed by atoms with van der Waals surface area (Å²) >= 11 is 1.69. The first-order valence-corrected chi connectivity index (χ1v) is 11.7. The second-order valence-electron chi connectivity index (χ2n) is 7.36. The first kappa shape index (κ1) is 21.7. The third kappa shape index (κ3) is 7.09. The third-order valence-electron chi connectivity index (χ3n) is 5.14. The van der Waals surface area contributed by atoms with Crippen molar-refractivity contribution in [2.24, 2.45) is 0 Å². The summed E-state index contributed by atoms with van der Waals surface area (Å²) in [4.78, 5) is 16.1. The van der Waals surface area contributed by atoms with Crippen molar-refractivity contribution in [3.05, 3.63) is 59.7 Å². The topological polar surface area (TPSA) is 41.6 Å². The van der Waals surface area contributed by atoms with Crippen molar-refractivity contribution in [3.8, 4) is 5.75 Å². The lowest BCUT2D eigenvalue weighted by molar-refractivity contribution is 0.0948. The summed E-state index contributed by atoms with van der Waals surface area (Å²) in [6.45, 7) is 6.96. The average Bonchev–Trinajstić information content (AvgIpc) is 2.77. The van der Waals surface area contributed by atoms with Crippen LogP contribution in [0.3, 0.4) is 0 Å². The summed E-state index contributed by atoms with van der Waals surface area (Å²) in [5.74, 6) is 1.81. The van der Waals surface area contributed by atoms with Gasteiger partial charge in [-0.05, 0) is 67.9 Å². The van der Waals surface area contributed by atoms with Crippen LogP contribution in [0.2, 0.25) is 0 Å². The Labute approximate surface area is 179 Å². The van der Waals surface area contributed by atoms with Gasteiger partial charge in [0.1, 0.15) is 5.75 Å².